The molecule has 3 rings (SSSR count). The maximum atomic E-state index is 12.6. The summed E-state index contributed by atoms with van der Waals surface area (Å²) in [6.45, 7) is 4.11. The molecule has 0 aromatic heterocycles. The van der Waals surface area contributed by atoms with Gasteiger partial charge in [0, 0.05) is 5.56 Å². The fraction of sp³-hybridized carbons (Fsp3) is 0.286. The zero-order valence-electron chi connectivity index (χ0n) is 14.3. The fourth-order valence-corrected chi connectivity index (χ4v) is 2.97. The van der Waals surface area contributed by atoms with E-state index in [1.54, 1.807) is 7.11 Å². The van der Waals surface area contributed by atoms with Crippen LogP contribution in [0.1, 0.15) is 47.9 Å². The number of rotatable bonds is 4. The summed E-state index contributed by atoms with van der Waals surface area (Å²) in [6.07, 6.45) is 2.93. The van der Waals surface area contributed by atoms with Crippen molar-refractivity contribution in [2.75, 3.05) is 7.11 Å². The maximum absolute atomic E-state index is 12.6. The molecule has 0 fully saturated rings. The molecule has 0 saturated carbocycles. The molecule has 0 saturated heterocycles. The second kappa shape index (κ2) is 6.91. The molecule has 1 heterocycles. The SMILES string of the molecule is COc1ccc2c(c1CC=C(C)C)OC(c1ccccc1)CC2=O. The molecule has 0 amide bonds. The number of Topliss-reactive ketones (excluding diaryl/α,β-unsaturated/α-hetero) is 1. The Balaban J connectivity index is 2.05. The van der Waals surface area contributed by atoms with Crippen LogP contribution in [0.2, 0.25) is 0 Å². The molecule has 0 radical (unpaired) electrons. The van der Waals surface area contributed by atoms with Gasteiger partial charge in [-0.05, 0) is 38.0 Å². The van der Waals surface area contributed by atoms with E-state index in [4.69, 9.17) is 9.47 Å². The molecule has 1 aliphatic rings. The number of carbonyl (C=O) groups is 1. The monoisotopic (exact) mass is 322 g/mol. The topological polar surface area (TPSA) is 35.5 Å². The Morgan fingerprint density at radius 1 is 1.21 bits per heavy atom. The van der Waals surface area contributed by atoms with Crippen molar-refractivity contribution in [3.8, 4) is 11.5 Å². The molecule has 3 nitrogen and oxygen atoms in total. The molecule has 0 bridgehead atoms. The Morgan fingerprint density at radius 3 is 2.62 bits per heavy atom. The fourth-order valence-electron chi connectivity index (χ4n) is 2.97. The van der Waals surface area contributed by atoms with E-state index >= 15 is 0 Å². The smallest absolute Gasteiger partial charge is 0.170 e. The van der Waals surface area contributed by atoms with E-state index in [0.29, 0.717) is 24.2 Å². The molecule has 0 spiro atoms. The van der Waals surface area contributed by atoms with Crippen molar-refractivity contribution in [2.45, 2.75) is 32.8 Å². The Hall–Kier alpha value is -2.55. The van der Waals surface area contributed by atoms with Crippen LogP contribution < -0.4 is 9.47 Å². The third-order valence-corrected chi connectivity index (χ3v) is 4.25. The number of fused-ring (bicyclic) bond motifs is 1. The summed E-state index contributed by atoms with van der Waals surface area (Å²) in [5.74, 6) is 1.54. The largest absolute Gasteiger partial charge is 0.496 e. The minimum Gasteiger partial charge on any atom is -0.496 e. The van der Waals surface area contributed by atoms with E-state index in [1.165, 1.54) is 5.57 Å². The van der Waals surface area contributed by atoms with Gasteiger partial charge >= 0.3 is 0 Å². The number of allylic oxidation sites excluding steroid dienone is 2. The molecule has 0 N–H and O–H groups in total. The lowest BCUT2D eigenvalue weighted by atomic mass is 9.93. The maximum Gasteiger partial charge on any atom is 0.170 e. The highest BCUT2D eigenvalue weighted by Crippen LogP contribution is 2.41. The molecular weight excluding hydrogens is 300 g/mol. The highest BCUT2D eigenvalue weighted by atomic mass is 16.5. The van der Waals surface area contributed by atoms with Gasteiger partial charge in [-0.15, -0.1) is 0 Å². The van der Waals surface area contributed by atoms with Crippen molar-refractivity contribution < 1.29 is 14.3 Å². The molecule has 0 aliphatic carbocycles. The van der Waals surface area contributed by atoms with Gasteiger partial charge in [0.25, 0.3) is 0 Å². The van der Waals surface area contributed by atoms with Gasteiger partial charge in [-0.1, -0.05) is 42.0 Å². The molecule has 2 aromatic rings. The molecule has 1 atom stereocenters. The van der Waals surface area contributed by atoms with Crippen LogP contribution >= 0.6 is 0 Å². The predicted octanol–water partition coefficient (Wildman–Crippen LogP) is 4.91. The van der Waals surface area contributed by atoms with Crippen molar-refractivity contribution in [2.24, 2.45) is 0 Å². The molecule has 1 aliphatic heterocycles. The molecule has 124 valence electrons. The zero-order valence-corrected chi connectivity index (χ0v) is 14.3. The van der Waals surface area contributed by atoms with Crippen molar-refractivity contribution in [1.82, 2.24) is 0 Å². The van der Waals surface area contributed by atoms with Crippen molar-refractivity contribution >= 4 is 5.78 Å². The van der Waals surface area contributed by atoms with Crippen LogP contribution in [0.4, 0.5) is 0 Å². The van der Waals surface area contributed by atoms with E-state index in [-0.39, 0.29) is 11.9 Å². The third kappa shape index (κ3) is 3.21. The summed E-state index contributed by atoms with van der Waals surface area (Å²) in [5.41, 5.74) is 3.83. The second-order valence-electron chi connectivity index (χ2n) is 6.25. The molecule has 1 unspecified atom stereocenters. The van der Waals surface area contributed by atoms with Gasteiger partial charge in [0.1, 0.15) is 17.6 Å². The summed E-state index contributed by atoms with van der Waals surface area (Å²) >= 11 is 0. The quantitative estimate of drug-likeness (QED) is 0.750. The van der Waals surface area contributed by atoms with E-state index in [2.05, 4.69) is 19.9 Å². The highest BCUT2D eigenvalue weighted by molar-refractivity contribution is 6.00. The first-order chi connectivity index (χ1) is 11.6. The highest BCUT2D eigenvalue weighted by Gasteiger charge is 2.30. The first-order valence-electron chi connectivity index (χ1n) is 8.18. The van der Waals surface area contributed by atoms with Crippen LogP contribution in [0.5, 0.6) is 11.5 Å². The number of hydrogen-bond donors (Lipinski definition) is 0. The second-order valence-corrected chi connectivity index (χ2v) is 6.25. The van der Waals surface area contributed by atoms with Crippen LogP contribution in [-0.4, -0.2) is 12.9 Å². The van der Waals surface area contributed by atoms with Gasteiger partial charge in [-0.2, -0.15) is 0 Å². The summed E-state index contributed by atoms with van der Waals surface area (Å²) in [4.78, 5) is 12.6. The van der Waals surface area contributed by atoms with E-state index in [0.717, 1.165) is 16.9 Å². The predicted molar refractivity (Wildman–Crippen MR) is 94.9 cm³/mol. The van der Waals surface area contributed by atoms with Crippen LogP contribution in [0.25, 0.3) is 0 Å². The van der Waals surface area contributed by atoms with E-state index in [1.807, 2.05) is 42.5 Å². The first-order valence-corrected chi connectivity index (χ1v) is 8.18. The van der Waals surface area contributed by atoms with Gasteiger partial charge < -0.3 is 9.47 Å². The lowest BCUT2D eigenvalue weighted by Crippen LogP contribution is -2.21. The average Bonchev–Trinajstić information content (AvgIpc) is 2.60. The van der Waals surface area contributed by atoms with E-state index < -0.39 is 0 Å². The van der Waals surface area contributed by atoms with Crippen molar-refractivity contribution in [3.05, 3.63) is 70.8 Å². The van der Waals surface area contributed by atoms with Gasteiger partial charge in [0.15, 0.2) is 5.78 Å². The van der Waals surface area contributed by atoms with Crippen LogP contribution in [0, 0.1) is 0 Å². The van der Waals surface area contributed by atoms with Crippen LogP contribution in [0.3, 0.4) is 0 Å². The van der Waals surface area contributed by atoms with Gasteiger partial charge in [-0.3, -0.25) is 4.79 Å². The normalized spacial score (nSPS) is 16.1. The summed E-state index contributed by atoms with van der Waals surface area (Å²) in [5, 5.41) is 0. The van der Waals surface area contributed by atoms with Gasteiger partial charge in [0.2, 0.25) is 0 Å². The van der Waals surface area contributed by atoms with E-state index in [9.17, 15) is 4.79 Å². The number of ketones is 1. The Kier molecular flexibility index (Phi) is 4.70. The number of ether oxygens (including phenoxy) is 2. The minimum atomic E-state index is -0.247. The molecule has 24 heavy (non-hydrogen) atoms. The third-order valence-electron chi connectivity index (χ3n) is 4.25. The van der Waals surface area contributed by atoms with Crippen LogP contribution in [-0.2, 0) is 6.42 Å². The summed E-state index contributed by atoms with van der Waals surface area (Å²) < 4.78 is 11.8. The van der Waals surface area contributed by atoms with Crippen molar-refractivity contribution in [3.63, 3.8) is 0 Å². The van der Waals surface area contributed by atoms with Crippen molar-refractivity contribution in [1.29, 1.82) is 0 Å². The number of carbonyl (C=O) groups excluding carboxylic acids is 1. The van der Waals surface area contributed by atoms with Crippen LogP contribution in [0.15, 0.2) is 54.1 Å². The Bertz CT molecular complexity index is 771. The molecule has 2 aromatic carbocycles. The minimum absolute atomic E-state index is 0.117. The van der Waals surface area contributed by atoms with Gasteiger partial charge in [-0.25, -0.2) is 0 Å². The number of methoxy groups -OCH3 is 1. The Morgan fingerprint density at radius 2 is 1.96 bits per heavy atom. The lowest BCUT2D eigenvalue weighted by Gasteiger charge is -2.28. The van der Waals surface area contributed by atoms with Gasteiger partial charge in [0.05, 0.1) is 19.1 Å². The first kappa shape index (κ1) is 16.3. The zero-order chi connectivity index (χ0) is 17.1. The molecular formula is C21H22O3. The standard InChI is InChI=1S/C21H22O3/c1-14(2)9-10-17-19(23-3)12-11-16-18(22)13-20(24-21(16)17)15-7-5-4-6-8-15/h4-9,11-12,20H,10,13H2,1-3H3. The summed E-state index contributed by atoms with van der Waals surface area (Å²) in [7, 11) is 1.65. The average molecular weight is 322 g/mol. The Labute approximate surface area is 142 Å². The lowest BCUT2D eigenvalue weighted by molar-refractivity contribution is 0.0847. The molecule has 3 heteroatoms. The summed E-state index contributed by atoms with van der Waals surface area (Å²) in [6, 6.07) is 13.6. The number of hydrogen-bond acceptors (Lipinski definition) is 3. The number of benzene rings is 2.